The fourth-order valence-electron chi connectivity index (χ4n) is 4.62. The lowest BCUT2D eigenvalue weighted by molar-refractivity contribution is -0.120. The highest BCUT2D eigenvalue weighted by atomic mass is 32.2. The van der Waals surface area contributed by atoms with E-state index in [9.17, 15) is 13.2 Å². The minimum absolute atomic E-state index is 0.105. The SMILES string of the molecule is Cc1noc(C)c1S(=O)(=O)N1CCCC(C(=O)Nc2ccc3nc(N4CCCC4)sc3c2)C1. The van der Waals surface area contributed by atoms with E-state index in [0.29, 0.717) is 30.8 Å². The van der Waals surface area contributed by atoms with Crippen molar-refractivity contribution in [2.45, 2.75) is 44.4 Å². The Morgan fingerprint density at radius 2 is 1.97 bits per heavy atom. The van der Waals surface area contributed by atoms with Crippen molar-refractivity contribution < 1.29 is 17.7 Å². The molecule has 5 rings (SSSR count). The average molecular weight is 490 g/mol. The van der Waals surface area contributed by atoms with Gasteiger partial charge in [-0.3, -0.25) is 4.79 Å². The first-order valence-electron chi connectivity index (χ1n) is 11.2. The van der Waals surface area contributed by atoms with Gasteiger partial charge in [0.1, 0.15) is 10.6 Å². The number of hydrogen-bond donors (Lipinski definition) is 1. The molecule has 1 atom stereocenters. The number of nitrogens with one attached hydrogen (secondary N) is 1. The molecule has 0 radical (unpaired) electrons. The molecule has 2 aromatic heterocycles. The Morgan fingerprint density at radius 3 is 2.70 bits per heavy atom. The van der Waals surface area contributed by atoms with Crippen LogP contribution >= 0.6 is 11.3 Å². The van der Waals surface area contributed by atoms with E-state index in [2.05, 4.69) is 15.4 Å². The number of hydrogen-bond acceptors (Lipinski definition) is 8. The predicted molar refractivity (Wildman–Crippen MR) is 127 cm³/mol. The topological polar surface area (TPSA) is 109 Å². The lowest BCUT2D eigenvalue weighted by atomic mass is 9.98. The van der Waals surface area contributed by atoms with Crippen LogP contribution in [0.1, 0.15) is 37.1 Å². The normalized spacial score (nSPS) is 19.9. The summed E-state index contributed by atoms with van der Waals surface area (Å²) < 4.78 is 33.8. The first kappa shape index (κ1) is 22.3. The molecular formula is C22H27N5O4S2. The zero-order valence-electron chi connectivity index (χ0n) is 18.7. The third-order valence-corrected chi connectivity index (χ3v) is 9.53. The zero-order valence-corrected chi connectivity index (χ0v) is 20.3. The molecule has 33 heavy (non-hydrogen) atoms. The molecule has 1 unspecified atom stereocenters. The van der Waals surface area contributed by atoms with Crippen LogP contribution in [0.2, 0.25) is 0 Å². The third kappa shape index (κ3) is 4.24. The van der Waals surface area contributed by atoms with Gasteiger partial charge in [-0.15, -0.1) is 0 Å². The molecule has 0 bridgehead atoms. The summed E-state index contributed by atoms with van der Waals surface area (Å²) in [5.41, 5.74) is 1.97. The van der Waals surface area contributed by atoms with E-state index < -0.39 is 15.9 Å². The molecule has 3 aromatic rings. The Kier molecular flexibility index (Phi) is 5.87. The van der Waals surface area contributed by atoms with E-state index in [1.807, 2.05) is 18.2 Å². The smallest absolute Gasteiger partial charge is 0.248 e. The van der Waals surface area contributed by atoms with Gasteiger partial charge in [0.2, 0.25) is 15.9 Å². The molecule has 2 aliphatic heterocycles. The fourth-order valence-corrected chi connectivity index (χ4v) is 7.50. The van der Waals surface area contributed by atoms with Gasteiger partial charge < -0.3 is 14.7 Å². The summed E-state index contributed by atoms with van der Waals surface area (Å²) in [6.07, 6.45) is 3.65. The van der Waals surface area contributed by atoms with Crippen molar-refractivity contribution in [1.82, 2.24) is 14.4 Å². The minimum Gasteiger partial charge on any atom is -0.360 e. The van der Waals surface area contributed by atoms with Crippen LogP contribution in [0.5, 0.6) is 0 Å². The van der Waals surface area contributed by atoms with Gasteiger partial charge in [0, 0.05) is 31.9 Å². The van der Waals surface area contributed by atoms with E-state index in [1.165, 1.54) is 17.1 Å². The second-order valence-corrected chi connectivity index (χ2v) is 11.6. The molecule has 11 heteroatoms. The number of piperidine rings is 1. The monoisotopic (exact) mass is 489 g/mol. The van der Waals surface area contributed by atoms with Gasteiger partial charge in [0.25, 0.3) is 0 Å². The van der Waals surface area contributed by atoms with Gasteiger partial charge in [-0.25, -0.2) is 13.4 Å². The lowest BCUT2D eigenvalue weighted by Gasteiger charge is -2.31. The quantitative estimate of drug-likeness (QED) is 0.584. The Bertz CT molecular complexity index is 1270. The number of nitrogens with zero attached hydrogens (tertiary/aromatic N) is 4. The standard InChI is InChI=1S/C22H27N5O4S2/c1-14-20(15(2)31-25-14)33(29,30)27-11-5-6-16(13-27)21(28)23-17-7-8-18-19(12-17)32-22(24-18)26-9-3-4-10-26/h7-8,12,16H,3-6,9-11,13H2,1-2H3,(H,23,28). The minimum atomic E-state index is -3.77. The lowest BCUT2D eigenvalue weighted by Crippen LogP contribution is -2.43. The average Bonchev–Trinajstić information content (AvgIpc) is 3.53. The van der Waals surface area contributed by atoms with Crippen LogP contribution in [0, 0.1) is 19.8 Å². The van der Waals surface area contributed by atoms with Gasteiger partial charge in [0.05, 0.1) is 16.1 Å². The Balaban J connectivity index is 1.30. The van der Waals surface area contributed by atoms with Crippen molar-refractivity contribution in [3.05, 3.63) is 29.7 Å². The van der Waals surface area contributed by atoms with E-state index in [0.717, 1.165) is 28.4 Å². The van der Waals surface area contributed by atoms with Crippen molar-refractivity contribution in [1.29, 1.82) is 0 Å². The Morgan fingerprint density at radius 1 is 1.18 bits per heavy atom. The highest BCUT2D eigenvalue weighted by molar-refractivity contribution is 7.89. The van der Waals surface area contributed by atoms with Crippen molar-refractivity contribution in [3.63, 3.8) is 0 Å². The number of carbonyl (C=O) groups excluding carboxylic acids is 1. The van der Waals surface area contributed by atoms with Gasteiger partial charge in [-0.2, -0.15) is 4.31 Å². The molecule has 1 amide bonds. The second kappa shape index (κ2) is 8.69. The number of amides is 1. The number of sulfonamides is 1. The number of aryl methyl sites for hydroxylation is 2. The zero-order chi connectivity index (χ0) is 23.2. The van der Waals surface area contributed by atoms with Gasteiger partial charge in [-0.05, 0) is 57.7 Å². The number of anilines is 2. The van der Waals surface area contributed by atoms with E-state index >= 15 is 0 Å². The molecule has 0 spiro atoms. The molecule has 1 aromatic carbocycles. The summed E-state index contributed by atoms with van der Waals surface area (Å²) in [4.78, 5) is 20.2. The summed E-state index contributed by atoms with van der Waals surface area (Å²) in [7, 11) is -3.77. The van der Waals surface area contributed by atoms with Crippen LogP contribution in [-0.4, -0.2) is 54.9 Å². The van der Waals surface area contributed by atoms with Gasteiger partial charge in [-0.1, -0.05) is 16.5 Å². The molecule has 2 fully saturated rings. The molecule has 1 N–H and O–H groups in total. The highest BCUT2D eigenvalue weighted by Crippen LogP contribution is 2.33. The number of carbonyl (C=O) groups is 1. The number of benzene rings is 1. The summed E-state index contributed by atoms with van der Waals surface area (Å²) in [6, 6.07) is 5.73. The maximum Gasteiger partial charge on any atom is 0.248 e. The summed E-state index contributed by atoms with van der Waals surface area (Å²) >= 11 is 1.64. The number of fused-ring (bicyclic) bond motifs is 1. The molecule has 4 heterocycles. The van der Waals surface area contributed by atoms with Crippen molar-refractivity contribution >= 4 is 48.3 Å². The Hall–Kier alpha value is -2.50. The van der Waals surface area contributed by atoms with E-state index in [4.69, 9.17) is 9.51 Å². The van der Waals surface area contributed by atoms with Crippen molar-refractivity contribution in [2.75, 3.05) is 36.4 Å². The van der Waals surface area contributed by atoms with Gasteiger partial charge in [0.15, 0.2) is 10.9 Å². The number of rotatable bonds is 5. The van der Waals surface area contributed by atoms with Crippen LogP contribution in [0.15, 0.2) is 27.6 Å². The summed E-state index contributed by atoms with van der Waals surface area (Å²) in [6.45, 7) is 5.80. The van der Waals surface area contributed by atoms with Crippen LogP contribution in [0.3, 0.4) is 0 Å². The van der Waals surface area contributed by atoms with Crippen LogP contribution < -0.4 is 10.2 Å². The van der Waals surface area contributed by atoms with Crippen molar-refractivity contribution in [3.8, 4) is 0 Å². The maximum atomic E-state index is 13.2. The molecule has 0 aliphatic carbocycles. The molecule has 2 aliphatic rings. The first-order chi connectivity index (χ1) is 15.8. The van der Waals surface area contributed by atoms with Gasteiger partial charge >= 0.3 is 0 Å². The van der Waals surface area contributed by atoms with Crippen LogP contribution in [0.25, 0.3) is 10.2 Å². The Labute approximate surface area is 196 Å². The third-order valence-electron chi connectivity index (χ3n) is 6.34. The van der Waals surface area contributed by atoms with E-state index in [-0.39, 0.29) is 23.1 Å². The first-order valence-corrected chi connectivity index (χ1v) is 13.5. The van der Waals surface area contributed by atoms with Crippen LogP contribution in [-0.2, 0) is 14.8 Å². The molecule has 0 saturated carbocycles. The van der Waals surface area contributed by atoms with E-state index in [1.54, 1.807) is 25.2 Å². The maximum absolute atomic E-state index is 13.2. The second-order valence-electron chi connectivity index (χ2n) is 8.72. The fraction of sp³-hybridized carbons (Fsp3) is 0.500. The predicted octanol–water partition coefficient (Wildman–Crippen LogP) is 3.54. The largest absolute Gasteiger partial charge is 0.360 e. The molecule has 9 nitrogen and oxygen atoms in total. The summed E-state index contributed by atoms with van der Waals surface area (Å²) in [5, 5.41) is 7.78. The molecule has 176 valence electrons. The number of aromatic nitrogens is 2. The summed E-state index contributed by atoms with van der Waals surface area (Å²) in [5.74, 6) is -0.325. The molecule has 2 saturated heterocycles. The number of thiazole rings is 1. The van der Waals surface area contributed by atoms with Crippen molar-refractivity contribution in [2.24, 2.45) is 5.92 Å². The highest BCUT2D eigenvalue weighted by Gasteiger charge is 2.36. The molecular weight excluding hydrogens is 462 g/mol. The van der Waals surface area contributed by atoms with Crippen LogP contribution in [0.4, 0.5) is 10.8 Å².